The van der Waals surface area contributed by atoms with E-state index in [1.54, 1.807) is 0 Å². The van der Waals surface area contributed by atoms with Crippen LogP contribution in [0.25, 0.3) is 0 Å². The highest BCUT2D eigenvalue weighted by Gasteiger charge is 2.02. The van der Waals surface area contributed by atoms with Crippen molar-refractivity contribution in [2.75, 3.05) is 11.9 Å². The van der Waals surface area contributed by atoms with E-state index in [1.165, 1.54) is 11.1 Å². The molecule has 2 aromatic rings. The Balaban J connectivity index is 1.98. The van der Waals surface area contributed by atoms with Gasteiger partial charge in [0.1, 0.15) is 11.8 Å². The van der Waals surface area contributed by atoms with Crippen LogP contribution in [0.1, 0.15) is 18.1 Å². The number of ether oxygens (including phenoxy) is 1. The van der Waals surface area contributed by atoms with Gasteiger partial charge in [-0.1, -0.05) is 35.0 Å². The number of nitrogens with one attached hydrogen (secondary N) is 1. The van der Waals surface area contributed by atoms with Crippen molar-refractivity contribution in [3.8, 4) is 11.8 Å². The maximum atomic E-state index is 8.47. The molecule has 0 unspecified atom stereocenters. The van der Waals surface area contributed by atoms with Crippen LogP contribution in [-0.4, -0.2) is 6.61 Å². The Morgan fingerprint density at radius 1 is 1.19 bits per heavy atom. The Bertz CT molecular complexity index is 632. The molecule has 4 heteroatoms. The first-order chi connectivity index (χ1) is 10.2. The van der Waals surface area contributed by atoms with Gasteiger partial charge in [-0.05, 0) is 47.9 Å². The van der Waals surface area contributed by atoms with E-state index in [1.807, 2.05) is 36.4 Å². The predicted molar refractivity (Wildman–Crippen MR) is 88.4 cm³/mol. The summed E-state index contributed by atoms with van der Waals surface area (Å²) in [5.74, 6) is 0.721. The molecule has 0 saturated carbocycles. The average molecular weight is 345 g/mol. The summed E-state index contributed by atoms with van der Waals surface area (Å²) in [6, 6.07) is 16.0. The molecule has 1 N–H and O–H groups in total. The normalized spacial score (nSPS) is 9.95. The third-order valence-corrected chi connectivity index (χ3v) is 3.65. The molecule has 0 bridgehead atoms. The number of halogens is 1. The number of rotatable bonds is 6. The monoisotopic (exact) mass is 344 g/mol. The van der Waals surface area contributed by atoms with Gasteiger partial charge in [0, 0.05) is 16.7 Å². The Kier molecular flexibility index (Phi) is 5.65. The smallest absolute Gasteiger partial charge is 0.174 e. The lowest BCUT2D eigenvalue weighted by Crippen LogP contribution is -2.02. The third kappa shape index (κ3) is 4.51. The fourth-order valence-corrected chi connectivity index (χ4v) is 2.45. The van der Waals surface area contributed by atoms with Crippen molar-refractivity contribution in [2.45, 2.75) is 19.9 Å². The molecular formula is C17H17BrN2O. The van der Waals surface area contributed by atoms with Crippen molar-refractivity contribution in [1.29, 1.82) is 5.26 Å². The quantitative estimate of drug-likeness (QED) is 0.837. The second-order valence-corrected chi connectivity index (χ2v) is 5.51. The minimum atomic E-state index is 0.0797. The minimum absolute atomic E-state index is 0.0797. The van der Waals surface area contributed by atoms with Gasteiger partial charge < -0.3 is 10.1 Å². The first-order valence-electron chi connectivity index (χ1n) is 6.84. The maximum Gasteiger partial charge on any atom is 0.174 e. The zero-order valence-electron chi connectivity index (χ0n) is 11.9. The zero-order chi connectivity index (χ0) is 15.1. The lowest BCUT2D eigenvalue weighted by molar-refractivity contribution is 0.368. The summed E-state index contributed by atoms with van der Waals surface area (Å²) in [6.07, 6.45) is 0.989. The molecule has 0 atom stereocenters. The van der Waals surface area contributed by atoms with Crippen LogP contribution in [0.3, 0.4) is 0 Å². The van der Waals surface area contributed by atoms with Gasteiger partial charge in [0.25, 0.3) is 0 Å². The Labute approximate surface area is 133 Å². The molecule has 2 rings (SSSR count). The van der Waals surface area contributed by atoms with Crippen LogP contribution in [0.4, 0.5) is 5.69 Å². The molecule has 21 heavy (non-hydrogen) atoms. The Morgan fingerprint density at radius 3 is 2.62 bits per heavy atom. The molecule has 2 aromatic carbocycles. The molecule has 0 aromatic heterocycles. The predicted octanol–water partition coefficient (Wildman–Crippen LogP) is 4.53. The van der Waals surface area contributed by atoms with Crippen LogP contribution in [0.5, 0.6) is 5.75 Å². The molecular weight excluding hydrogens is 328 g/mol. The van der Waals surface area contributed by atoms with Gasteiger partial charge in [-0.2, -0.15) is 5.26 Å². The fraction of sp³-hybridized carbons (Fsp3) is 0.235. The molecule has 0 saturated heterocycles. The molecule has 0 aliphatic carbocycles. The van der Waals surface area contributed by atoms with Crippen molar-refractivity contribution >= 4 is 21.6 Å². The Morgan fingerprint density at radius 2 is 1.95 bits per heavy atom. The molecule has 0 radical (unpaired) electrons. The largest absolute Gasteiger partial charge is 0.479 e. The number of nitriles is 1. The topological polar surface area (TPSA) is 45.0 Å². The molecule has 0 aliphatic rings. The molecule has 3 nitrogen and oxygen atoms in total. The fourth-order valence-electron chi connectivity index (χ4n) is 2.04. The first-order valence-corrected chi connectivity index (χ1v) is 7.63. The number of hydrogen-bond donors (Lipinski definition) is 1. The van der Waals surface area contributed by atoms with Crippen LogP contribution < -0.4 is 10.1 Å². The molecule has 0 aliphatic heterocycles. The molecule has 0 fully saturated rings. The van der Waals surface area contributed by atoms with E-state index in [0.29, 0.717) is 0 Å². The maximum absolute atomic E-state index is 8.47. The van der Waals surface area contributed by atoms with Crippen LogP contribution in [0.2, 0.25) is 0 Å². The van der Waals surface area contributed by atoms with Gasteiger partial charge in [0.05, 0.1) is 0 Å². The van der Waals surface area contributed by atoms with Crippen LogP contribution >= 0.6 is 15.9 Å². The van der Waals surface area contributed by atoms with E-state index in [9.17, 15) is 0 Å². The van der Waals surface area contributed by atoms with E-state index in [0.717, 1.165) is 28.9 Å². The van der Waals surface area contributed by atoms with Crippen LogP contribution in [0.15, 0.2) is 46.9 Å². The van der Waals surface area contributed by atoms with Crippen molar-refractivity contribution in [2.24, 2.45) is 0 Å². The van der Waals surface area contributed by atoms with Crippen molar-refractivity contribution < 1.29 is 4.74 Å². The summed E-state index contributed by atoms with van der Waals surface area (Å²) in [4.78, 5) is 0. The standard InChI is InChI=1S/C17H17BrN2O/c1-2-14-11-15(18)5-8-17(14)20-12-13-3-6-16(7-4-13)21-10-9-19/h3-8,11,20H,2,10,12H2,1H3. The summed E-state index contributed by atoms with van der Waals surface area (Å²) in [5.41, 5.74) is 3.62. The van der Waals surface area contributed by atoms with Gasteiger partial charge in [-0.25, -0.2) is 0 Å². The minimum Gasteiger partial charge on any atom is -0.479 e. The van der Waals surface area contributed by atoms with E-state index in [-0.39, 0.29) is 6.61 Å². The molecule has 0 amide bonds. The van der Waals surface area contributed by atoms with E-state index in [4.69, 9.17) is 10.00 Å². The number of anilines is 1. The highest BCUT2D eigenvalue weighted by molar-refractivity contribution is 9.10. The van der Waals surface area contributed by atoms with E-state index < -0.39 is 0 Å². The highest BCUT2D eigenvalue weighted by atomic mass is 79.9. The summed E-state index contributed by atoms with van der Waals surface area (Å²) < 4.78 is 6.34. The summed E-state index contributed by atoms with van der Waals surface area (Å²) in [6.45, 7) is 2.98. The van der Waals surface area contributed by atoms with E-state index >= 15 is 0 Å². The van der Waals surface area contributed by atoms with Gasteiger partial charge >= 0.3 is 0 Å². The van der Waals surface area contributed by atoms with Gasteiger partial charge in [-0.15, -0.1) is 0 Å². The second kappa shape index (κ2) is 7.70. The zero-order valence-corrected chi connectivity index (χ0v) is 13.5. The van der Waals surface area contributed by atoms with Crippen LogP contribution in [0, 0.1) is 11.3 Å². The molecule has 108 valence electrons. The lowest BCUT2D eigenvalue weighted by atomic mass is 10.1. The average Bonchev–Trinajstić information content (AvgIpc) is 2.52. The van der Waals surface area contributed by atoms with Crippen LogP contribution in [-0.2, 0) is 13.0 Å². The lowest BCUT2D eigenvalue weighted by Gasteiger charge is -2.12. The summed E-state index contributed by atoms with van der Waals surface area (Å²) >= 11 is 3.50. The van der Waals surface area contributed by atoms with Crippen molar-refractivity contribution in [3.63, 3.8) is 0 Å². The number of hydrogen-bond acceptors (Lipinski definition) is 3. The van der Waals surface area contributed by atoms with Gasteiger partial charge in [0.2, 0.25) is 0 Å². The molecule has 0 spiro atoms. The number of benzene rings is 2. The van der Waals surface area contributed by atoms with Gasteiger partial charge in [-0.3, -0.25) is 0 Å². The van der Waals surface area contributed by atoms with E-state index in [2.05, 4.69) is 40.3 Å². The number of aryl methyl sites for hydroxylation is 1. The highest BCUT2D eigenvalue weighted by Crippen LogP contribution is 2.22. The van der Waals surface area contributed by atoms with Crippen molar-refractivity contribution in [1.82, 2.24) is 0 Å². The summed E-state index contributed by atoms with van der Waals surface area (Å²) in [5, 5.41) is 11.9. The second-order valence-electron chi connectivity index (χ2n) is 4.60. The van der Waals surface area contributed by atoms with Crippen molar-refractivity contribution in [3.05, 3.63) is 58.1 Å². The summed E-state index contributed by atoms with van der Waals surface area (Å²) in [7, 11) is 0. The third-order valence-electron chi connectivity index (χ3n) is 3.16. The Hall–Kier alpha value is -1.99. The molecule has 0 heterocycles. The van der Waals surface area contributed by atoms with Gasteiger partial charge in [0.15, 0.2) is 6.61 Å². The first kappa shape index (κ1) is 15.4. The number of nitrogens with zero attached hydrogens (tertiary/aromatic N) is 1. The SMILES string of the molecule is CCc1cc(Br)ccc1NCc1ccc(OCC#N)cc1.